The molecule has 78 valence electrons. The summed E-state index contributed by atoms with van der Waals surface area (Å²) in [6.45, 7) is 6.80. The Kier molecular flexibility index (Phi) is 5.40. The number of nitrogens with zero attached hydrogens (tertiary/aromatic N) is 2. The minimum absolute atomic E-state index is 0.360. The molecule has 1 aromatic rings. The summed E-state index contributed by atoms with van der Waals surface area (Å²) in [5.74, 6) is 0. The summed E-state index contributed by atoms with van der Waals surface area (Å²) in [5, 5.41) is 3.41. The van der Waals surface area contributed by atoms with E-state index in [1.54, 1.807) is 0 Å². The second-order valence-corrected chi connectivity index (χ2v) is 3.72. The van der Waals surface area contributed by atoms with Crippen molar-refractivity contribution in [3.8, 4) is 0 Å². The lowest BCUT2D eigenvalue weighted by Crippen LogP contribution is -2.21. The molecule has 0 aliphatic carbocycles. The first kappa shape index (κ1) is 11.3. The molecule has 4 heteroatoms. The molecule has 0 aliphatic heterocycles. The lowest BCUT2D eigenvalue weighted by molar-refractivity contribution is 0.492. The first-order chi connectivity index (χ1) is 6.88. The third-order valence-electron chi connectivity index (χ3n) is 2.09. The van der Waals surface area contributed by atoms with Gasteiger partial charge in [-0.05, 0) is 25.8 Å². The quantitative estimate of drug-likeness (QED) is 0.556. The molecule has 0 radical (unpaired) electrons. The molecule has 0 saturated carbocycles. The Morgan fingerprint density at radius 3 is 3.14 bits per heavy atom. The van der Waals surface area contributed by atoms with Gasteiger partial charge in [0, 0.05) is 0 Å². The van der Waals surface area contributed by atoms with Gasteiger partial charge in [-0.25, -0.2) is 0 Å². The molecule has 0 aliphatic rings. The molecule has 0 amide bonds. The fourth-order valence-corrected chi connectivity index (χ4v) is 1.86. The van der Waals surface area contributed by atoms with E-state index in [1.807, 2.05) is 12.3 Å². The summed E-state index contributed by atoms with van der Waals surface area (Å²) in [4.78, 5) is 0. The van der Waals surface area contributed by atoms with Crippen LogP contribution in [0.3, 0.4) is 0 Å². The normalized spacial score (nSPS) is 12.6. The number of aromatic nitrogens is 2. The fourth-order valence-electron chi connectivity index (χ4n) is 1.39. The van der Waals surface area contributed by atoms with Gasteiger partial charge in [-0.1, -0.05) is 13.0 Å². The zero-order valence-electron chi connectivity index (χ0n) is 8.57. The predicted molar refractivity (Wildman–Crippen MR) is 60.4 cm³/mol. The monoisotopic (exact) mass is 211 g/mol. The SMILES string of the molecule is C=CCCCC(NCC)c1cnsn1. The van der Waals surface area contributed by atoms with E-state index >= 15 is 0 Å². The average Bonchev–Trinajstić information content (AvgIpc) is 2.70. The van der Waals surface area contributed by atoms with Crippen LogP contribution in [0.4, 0.5) is 0 Å². The van der Waals surface area contributed by atoms with Crippen LogP contribution < -0.4 is 5.32 Å². The number of unbranched alkanes of at least 4 members (excludes halogenated alkanes) is 1. The van der Waals surface area contributed by atoms with Crippen molar-refractivity contribution in [1.82, 2.24) is 14.1 Å². The first-order valence-corrected chi connectivity index (χ1v) is 5.73. The van der Waals surface area contributed by atoms with Crippen molar-refractivity contribution in [2.45, 2.75) is 32.2 Å². The van der Waals surface area contributed by atoms with Crippen LogP contribution in [0.1, 0.15) is 37.9 Å². The third kappa shape index (κ3) is 3.55. The second kappa shape index (κ2) is 6.68. The Labute approximate surface area is 89.6 Å². The molecule has 0 bridgehead atoms. The molecule has 14 heavy (non-hydrogen) atoms. The van der Waals surface area contributed by atoms with Crippen LogP contribution in [-0.2, 0) is 0 Å². The van der Waals surface area contributed by atoms with E-state index < -0.39 is 0 Å². The predicted octanol–water partition coefficient (Wildman–Crippen LogP) is 2.55. The summed E-state index contributed by atoms with van der Waals surface area (Å²) in [6, 6.07) is 0.360. The maximum atomic E-state index is 4.26. The zero-order valence-corrected chi connectivity index (χ0v) is 9.39. The number of nitrogens with one attached hydrogen (secondary N) is 1. The van der Waals surface area contributed by atoms with Gasteiger partial charge in [0.25, 0.3) is 0 Å². The van der Waals surface area contributed by atoms with E-state index in [1.165, 1.54) is 11.7 Å². The Hall–Kier alpha value is -0.740. The van der Waals surface area contributed by atoms with Crippen molar-refractivity contribution >= 4 is 11.7 Å². The lowest BCUT2D eigenvalue weighted by atomic mass is 10.1. The molecule has 1 unspecified atom stereocenters. The minimum atomic E-state index is 0.360. The molecule has 0 spiro atoms. The zero-order chi connectivity index (χ0) is 10.2. The molecule has 0 fully saturated rings. The maximum Gasteiger partial charge on any atom is 0.0912 e. The Morgan fingerprint density at radius 2 is 2.57 bits per heavy atom. The van der Waals surface area contributed by atoms with Crippen molar-refractivity contribution in [1.29, 1.82) is 0 Å². The summed E-state index contributed by atoms with van der Waals surface area (Å²) < 4.78 is 8.28. The van der Waals surface area contributed by atoms with E-state index in [9.17, 15) is 0 Å². The smallest absolute Gasteiger partial charge is 0.0912 e. The van der Waals surface area contributed by atoms with Gasteiger partial charge in [0.05, 0.1) is 29.7 Å². The van der Waals surface area contributed by atoms with Gasteiger partial charge in [0.1, 0.15) is 0 Å². The van der Waals surface area contributed by atoms with Crippen LogP contribution in [0.2, 0.25) is 0 Å². The van der Waals surface area contributed by atoms with Crippen LogP contribution in [-0.4, -0.2) is 15.3 Å². The van der Waals surface area contributed by atoms with Gasteiger partial charge >= 0.3 is 0 Å². The highest BCUT2D eigenvalue weighted by atomic mass is 32.1. The van der Waals surface area contributed by atoms with Gasteiger partial charge in [-0.2, -0.15) is 8.75 Å². The molecule has 0 saturated heterocycles. The molecule has 1 heterocycles. The highest BCUT2D eigenvalue weighted by Gasteiger charge is 2.11. The highest BCUT2D eigenvalue weighted by molar-refractivity contribution is 6.99. The van der Waals surface area contributed by atoms with Crippen molar-refractivity contribution in [2.24, 2.45) is 0 Å². The van der Waals surface area contributed by atoms with Gasteiger partial charge in [-0.15, -0.1) is 6.58 Å². The van der Waals surface area contributed by atoms with E-state index in [2.05, 4.69) is 27.6 Å². The molecule has 1 rings (SSSR count). The van der Waals surface area contributed by atoms with Crippen LogP contribution in [0.5, 0.6) is 0 Å². The highest BCUT2D eigenvalue weighted by Crippen LogP contribution is 2.17. The standard InChI is InChI=1S/C10H17N3S/c1-3-5-6-7-9(11-4-2)10-8-12-14-13-10/h3,8-9,11H,1,4-7H2,2H3. The van der Waals surface area contributed by atoms with Crippen LogP contribution in [0.25, 0.3) is 0 Å². The van der Waals surface area contributed by atoms with E-state index in [-0.39, 0.29) is 0 Å². The minimum Gasteiger partial charge on any atom is -0.309 e. The molecular weight excluding hydrogens is 194 g/mol. The van der Waals surface area contributed by atoms with Crippen molar-refractivity contribution < 1.29 is 0 Å². The number of hydrogen-bond donors (Lipinski definition) is 1. The van der Waals surface area contributed by atoms with E-state index in [4.69, 9.17) is 0 Å². The summed E-state index contributed by atoms with van der Waals surface area (Å²) in [6.07, 6.45) is 7.14. The average molecular weight is 211 g/mol. The van der Waals surface area contributed by atoms with E-state index in [0.29, 0.717) is 6.04 Å². The number of hydrogen-bond acceptors (Lipinski definition) is 4. The van der Waals surface area contributed by atoms with Gasteiger partial charge in [0.2, 0.25) is 0 Å². The molecular formula is C10H17N3S. The van der Waals surface area contributed by atoms with Crippen molar-refractivity contribution in [3.63, 3.8) is 0 Å². The molecule has 1 atom stereocenters. The third-order valence-corrected chi connectivity index (χ3v) is 2.58. The summed E-state index contributed by atoms with van der Waals surface area (Å²) >= 11 is 1.27. The van der Waals surface area contributed by atoms with Gasteiger partial charge < -0.3 is 5.32 Å². The fraction of sp³-hybridized carbons (Fsp3) is 0.600. The lowest BCUT2D eigenvalue weighted by Gasteiger charge is -2.14. The van der Waals surface area contributed by atoms with Crippen LogP contribution in [0, 0.1) is 0 Å². The summed E-state index contributed by atoms with van der Waals surface area (Å²) in [7, 11) is 0. The van der Waals surface area contributed by atoms with Crippen LogP contribution in [0.15, 0.2) is 18.9 Å². The summed E-state index contributed by atoms with van der Waals surface area (Å²) in [5.41, 5.74) is 1.07. The van der Waals surface area contributed by atoms with Crippen LogP contribution >= 0.6 is 11.7 Å². The van der Waals surface area contributed by atoms with Crippen molar-refractivity contribution in [2.75, 3.05) is 6.54 Å². The number of rotatable bonds is 7. The number of allylic oxidation sites excluding steroid dienone is 1. The Balaban J connectivity index is 2.43. The topological polar surface area (TPSA) is 37.8 Å². The first-order valence-electron chi connectivity index (χ1n) is 5.00. The second-order valence-electron chi connectivity index (χ2n) is 3.16. The van der Waals surface area contributed by atoms with Gasteiger partial charge in [-0.3, -0.25) is 0 Å². The molecule has 3 nitrogen and oxygen atoms in total. The maximum absolute atomic E-state index is 4.26. The van der Waals surface area contributed by atoms with Crippen molar-refractivity contribution in [3.05, 3.63) is 24.5 Å². The largest absolute Gasteiger partial charge is 0.309 e. The van der Waals surface area contributed by atoms with E-state index in [0.717, 1.165) is 31.5 Å². The van der Waals surface area contributed by atoms with Gasteiger partial charge in [0.15, 0.2) is 0 Å². The molecule has 0 aromatic carbocycles. The molecule has 1 aromatic heterocycles. The Morgan fingerprint density at radius 1 is 1.71 bits per heavy atom. The molecule has 1 N–H and O–H groups in total. The Bertz CT molecular complexity index is 246.